The van der Waals surface area contributed by atoms with Gasteiger partial charge in [0.2, 0.25) is 0 Å². The summed E-state index contributed by atoms with van der Waals surface area (Å²) in [6.45, 7) is 4.78. The second kappa shape index (κ2) is 13.1. The van der Waals surface area contributed by atoms with Crippen molar-refractivity contribution in [2.24, 2.45) is 10.3 Å². The van der Waals surface area contributed by atoms with Crippen LogP contribution in [0.5, 0.6) is 5.75 Å². The second-order valence-electron chi connectivity index (χ2n) is 7.03. The van der Waals surface area contributed by atoms with Crippen molar-refractivity contribution in [3.05, 3.63) is 65.2 Å². The number of aliphatic carboxylic acids is 1. The number of hydrogen-bond acceptors (Lipinski definition) is 6. The minimum absolute atomic E-state index is 0.00907. The predicted octanol–water partition coefficient (Wildman–Crippen LogP) is 4.81. The first-order chi connectivity index (χ1) is 15.0. The number of hydrogen-bond donors (Lipinski definition) is 1. The summed E-state index contributed by atoms with van der Waals surface area (Å²) in [7, 11) is 1.65. The van der Waals surface area contributed by atoms with Gasteiger partial charge in [-0.15, -0.1) is 0 Å². The molecule has 31 heavy (non-hydrogen) atoms. The summed E-state index contributed by atoms with van der Waals surface area (Å²) in [5.74, 6) is -0.0383. The minimum atomic E-state index is -0.860. The molecule has 0 saturated heterocycles. The molecule has 0 aliphatic rings. The molecule has 7 nitrogen and oxygen atoms in total. The van der Waals surface area contributed by atoms with E-state index in [2.05, 4.69) is 10.3 Å². The SMILES string of the molecule is COc1cc(/C(C)=N/OCCCCO/N=C(/CCC(=O)O)c2ccccc2)ccc1C. The Morgan fingerprint density at radius 3 is 2.26 bits per heavy atom. The Balaban J connectivity index is 1.74. The third kappa shape index (κ3) is 8.50. The lowest BCUT2D eigenvalue weighted by molar-refractivity contribution is -0.136. The normalized spacial score (nSPS) is 11.8. The van der Waals surface area contributed by atoms with Crippen LogP contribution in [-0.4, -0.2) is 42.8 Å². The van der Waals surface area contributed by atoms with Gasteiger partial charge in [-0.25, -0.2) is 0 Å². The molecule has 0 spiro atoms. The summed E-state index contributed by atoms with van der Waals surface area (Å²) in [5.41, 5.74) is 4.30. The van der Waals surface area contributed by atoms with E-state index in [1.807, 2.05) is 62.4 Å². The number of carboxylic acids is 1. The van der Waals surface area contributed by atoms with E-state index < -0.39 is 5.97 Å². The molecule has 7 heteroatoms. The average molecular weight is 427 g/mol. The highest BCUT2D eigenvalue weighted by Crippen LogP contribution is 2.19. The first-order valence-corrected chi connectivity index (χ1v) is 10.3. The van der Waals surface area contributed by atoms with Crippen LogP contribution in [0.15, 0.2) is 58.8 Å². The Kier molecular flexibility index (Phi) is 10.1. The zero-order valence-electron chi connectivity index (χ0n) is 18.3. The lowest BCUT2D eigenvalue weighted by atomic mass is 10.1. The number of unbranched alkanes of at least 4 members (excludes halogenated alkanes) is 1. The quantitative estimate of drug-likeness (QED) is 0.282. The van der Waals surface area contributed by atoms with Crippen LogP contribution >= 0.6 is 0 Å². The number of ether oxygens (including phenoxy) is 1. The zero-order valence-corrected chi connectivity index (χ0v) is 18.3. The predicted molar refractivity (Wildman–Crippen MR) is 121 cm³/mol. The number of rotatable bonds is 13. The molecule has 0 heterocycles. The molecule has 0 radical (unpaired) electrons. The number of aryl methyl sites for hydroxylation is 1. The average Bonchev–Trinajstić information content (AvgIpc) is 2.78. The molecular formula is C24H30N2O5. The van der Waals surface area contributed by atoms with Crippen molar-refractivity contribution in [1.29, 1.82) is 0 Å². The molecule has 2 aromatic carbocycles. The molecule has 2 rings (SSSR count). The van der Waals surface area contributed by atoms with Gasteiger partial charge in [0.15, 0.2) is 0 Å². The highest BCUT2D eigenvalue weighted by atomic mass is 16.6. The molecule has 0 atom stereocenters. The molecule has 0 aromatic heterocycles. The van der Waals surface area contributed by atoms with E-state index in [4.69, 9.17) is 19.5 Å². The van der Waals surface area contributed by atoms with Gasteiger partial charge in [-0.2, -0.15) is 0 Å². The Bertz CT molecular complexity index is 894. The fourth-order valence-electron chi connectivity index (χ4n) is 2.80. The van der Waals surface area contributed by atoms with Crippen molar-refractivity contribution >= 4 is 17.4 Å². The van der Waals surface area contributed by atoms with E-state index in [0.717, 1.165) is 41.0 Å². The first-order valence-electron chi connectivity index (χ1n) is 10.3. The number of nitrogens with zero attached hydrogens (tertiary/aromatic N) is 2. The van der Waals surface area contributed by atoms with Crippen LogP contribution in [0.2, 0.25) is 0 Å². The van der Waals surface area contributed by atoms with Gasteiger partial charge in [0.1, 0.15) is 19.0 Å². The summed E-state index contributed by atoms with van der Waals surface area (Å²) in [5, 5.41) is 17.2. The smallest absolute Gasteiger partial charge is 0.303 e. The van der Waals surface area contributed by atoms with E-state index in [9.17, 15) is 4.79 Å². The summed E-state index contributed by atoms with van der Waals surface area (Å²) in [6, 6.07) is 15.4. The molecule has 1 N–H and O–H groups in total. The van der Waals surface area contributed by atoms with Crippen molar-refractivity contribution < 1.29 is 24.3 Å². The molecule has 2 aromatic rings. The maximum Gasteiger partial charge on any atom is 0.303 e. The van der Waals surface area contributed by atoms with Gasteiger partial charge >= 0.3 is 5.97 Å². The van der Waals surface area contributed by atoms with Crippen LogP contribution < -0.4 is 4.74 Å². The van der Waals surface area contributed by atoms with Gasteiger partial charge in [-0.1, -0.05) is 52.8 Å². The van der Waals surface area contributed by atoms with E-state index in [1.54, 1.807) is 7.11 Å². The summed E-state index contributed by atoms with van der Waals surface area (Å²) < 4.78 is 5.34. The summed E-state index contributed by atoms with van der Waals surface area (Å²) in [4.78, 5) is 21.7. The van der Waals surface area contributed by atoms with Gasteiger partial charge < -0.3 is 19.5 Å². The molecule has 0 saturated carbocycles. The molecule has 0 aliphatic carbocycles. The molecule has 0 amide bonds. The topological polar surface area (TPSA) is 89.7 Å². The van der Waals surface area contributed by atoms with E-state index in [1.165, 1.54) is 0 Å². The Morgan fingerprint density at radius 2 is 1.61 bits per heavy atom. The van der Waals surface area contributed by atoms with Gasteiger partial charge in [-0.05, 0) is 43.9 Å². The molecular weight excluding hydrogens is 396 g/mol. The lowest BCUT2D eigenvalue weighted by Crippen LogP contribution is -2.06. The third-order valence-electron chi connectivity index (χ3n) is 4.61. The van der Waals surface area contributed by atoms with Crippen LogP contribution in [0.25, 0.3) is 0 Å². The second-order valence-corrected chi connectivity index (χ2v) is 7.03. The van der Waals surface area contributed by atoms with Gasteiger partial charge in [-0.3, -0.25) is 4.79 Å². The number of methoxy groups -OCH3 is 1. The zero-order chi connectivity index (χ0) is 22.5. The minimum Gasteiger partial charge on any atom is -0.496 e. The molecule has 166 valence electrons. The Labute approximate surface area is 183 Å². The van der Waals surface area contributed by atoms with Crippen LogP contribution in [0, 0.1) is 6.92 Å². The van der Waals surface area contributed by atoms with Gasteiger partial charge in [0.25, 0.3) is 0 Å². The fourth-order valence-corrected chi connectivity index (χ4v) is 2.80. The largest absolute Gasteiger partial charge is 0.496 e. The van der Waals surface area contributed by atoms with E-state index >= 15 is 0 Å². The molecule has 0 bridgehead atoms. The van der Waals surface area contributed by atoms with Crippen molar-refractivity contribution in [3.63, 3.8) is 0 Å². The number of carbonyl (C=O) groups is 1. The summed E-state index contributed by atoms with van der Waals surface area (Å²) in [6.07, 6.45) is 1.84. The number of carboxylic acid groups (broad SMARTS) is 1. The Hall–Kier alpha value is -3.35. The van der Waals surface area contributed by atoms with Crippen molar-refractivity contribution in [1.82, 2.24) is 0 Å². The highest BCUT2D eigenvalue weighted by molar-refractivity contribution is 6.01. The molecule has 0 fully saturated rings. The van der Waals surface area contributed by atoms with Crippen molar-refractivity contribution in [2.75, 3.05) is 20.3 Å². The van der Waals surface area contributed by atoms with Crippen LogP contribution in [-0.2, 0) is 14.5 Å². The van der Waals surface area contributed by atoms with E-state index in [-0.39, 0.29) is 6.42 Å². The monoisotopic (exact) mass is 426 g/mol. The van der Waals surface area contributed by atoms with Crippen LogP contribution in [0.3, 0.4) is 0 Å². The van der Waals surface area contributed by atoms with Crippen molar-refractivity contribution in [2.45, 2.75) is 39.5 Å². The Morgan fingerprint density at radius 1 is 0.935 bits per heavy atom. The fraction of sp³-hybridized carbons (Fsp3) is 0.375. The van der Waals surface area contributed by atoms with Gasteiger partial charge in [0, 0.05) is 12.0 Å². The lowest BCUT2D eigenvalue weighted by Gasteiger charge is -2.08. The van der Waals surface area contributed by atoms with E-state index in [0.29, 0.717) is 25.3 Å². The highest BCUT2D eigenvalue weighted by Gasteiger charge is 2.07. The van der Waals surface area contributed by atoms with Crippen LogP contribution in [0.4, 0.5) is 0 Å². The molecule has 0 aliphatic heterocycles. The first kappa shape index (κ1) is 23.9. The maximum atomic E-state index is 10.9. The van der Waals surface area contributed by atoms with Crippen molar-refractivity contribution in [3.8, 4) is 5.75 Å². The standard InChI is InChI=1S/C24H30N2O5/c1-18-11-12-21(17-23(18)29-3)19(2)25-30-15-7-8-16-31-26-22(13-14-24(27)28)20-9-5-4-6-10-20/h4-6,9-12,17H,7-8,13-16H2,1-3H3,(H,27,28)/b25-19+,26-22-. The van der Waals surface area contributed by atoms with Gasteiger partial charge in [0.05, 0.1) is 25.0 Å². The maximum absolute atomic E-state index is 10.9. The third-order valence-corrected chi connectivity index (χ3v) is 4.61. The summed E-state index contributed by atoms with van der Waals surface area (Å²) >= 11 is 0. The number of oxime groups is 2. The molecule has 0 unspecified atom stereocenters. The number of benzene rings is 2. The van der Waals surface area contributed by atoms with Crippen LogP contribution in [0.1, 0.15) is 49.3 Å².